The number of aryl methyl sites for hydroxylation is 1. The number of rotatable bonds is 5. The zero-order chi connectivity index (χ0) is 14.5. The maximum atomic E-state index is 12.3. The number of likely N-dealkylation sites (N-methyl/N-ethyl adjacent to an activating group) is 1. The van der Waals surface area contributed by atoms with Gasteiger partial charge in [-0.3, -0.25) is 4.79 Å². The number of nitrogens with zero attached hydrogens (tertiary/aromatic N) is 2. The van der Waals surface area contributed by atoms with E-state index >= 15 is 0 Å². The first-order valence-electron chi connectivity index (χ1n) is 6.61. The average molecular weight is 362 g/mol. The van der Waals surface area contributed by atoms with Crippen molar-refractivity contribution in [1.29, 1.82) is 0 Å². The van der Waals surface area contributed by atoms with Crippen LogP contribution in [0.1, 0.15) is 28.4 Å². The molecular formula is C15H21Cl2N3OS. The second-order valence-electron chi connectivity index (χ2n) is 4.66. The summed E-state index contributed by atoms with van der Waals surface area (Å²) in [5, 5.41) is 0.943. The van der Waals surface area contributed by atoms with Crippen molar-refractivity contribution in [3.63, 3.8) is 0 Å². The molecule has 1 unspecified atom stereocenters. The van der Waals surface area contributed by atoms with E-state index in [1.54, 1.807) is 23.3 Å². The van der Waals surface area contributed by atoms with Gasteiger partial charge in [0.05, 0.1) is 6.54 Å². The summed E-state index contributed by atoms with van der Waals surface area (Å²) >= 11 is 1.64. The highest BCUT2D eigenvalue weighted by Gasteiger charge is 2.20. The molecule has 1 aromatic heterocycles. The van der Waals surface area contributed by atoms with E-state index < -0.39 is 6.04 Å². The molecule has 1 amide bonds. The Balaban J connectivity index is 0.00000220. The molecule has 0 bridgehead atoms. The Morgan fingerprint density at radius 2 is 1.95 bits per heavy atom. The average Bonchev–Trinajstić information content (AvgIpc) is 2.94. The third-order valence-corrected chi connectivity index (χ3v) is 4.25. The van der Waals surface area contributed by atoms with Crippen LogP contribution in [0.5, 0.6) is 0 Å². The standard InChI is InChI=1S/C15H19N3OS.2ClH/c1-3-12-9-17-13(20-12)10-18(2)15(19)14(16)11-7-5-4-6-8-11;;/h4-9,14H,3,10,16H2,1-2H3;2*1H. The van der Waals surface area contributed by atoms with Crippen molar-refractivity contribution in [1.82, 2.24) is 9.88 Å². The molecule has 1 atom stereocenters. The molecular weight excluding hydrogens is 341 g/mol. The Kier molecular flexibility index (Phi) is 9.28. The summed E-state index contributed by atoms with van der Waals surface area (Å²) in [6, 6.07) is 8.80. The van der Waals surface area contributed by atoms with Crippen molar-refractivity contribution >= 4 is 42.1 Å². The molecule has 0 saturated carbocycles. The quantitative estimate of drug-likeness (QED) is 0.889. The molecule has 2 N–H and O–H groups in total. The van der Waals surface area contributed by atoms with Crippen LogP contribution in [0.2, 0.25) is 0 Å². The molecule has 0 aliphatic carbocycles. The Morgan fingerprint density at radius 3 is 2.50 bits per heavy atom. The van der Waals surface area contributed by atoms with E-state index in [0.29, 0.717) is 6.54 Å². The first-order valence-corrected chi connectivity index (χ1v) is 7.42. The molecule has 1 aromatic carbocycles. The van der Waals surface area contributed by atoms with Gasteiger partial charge in [0, 0.05) is 18.1 Å². The van der Waals surface area contributed by atoms with E-state index in [-0.39, 0.29) is 30.7 Å². The molecule has 0 fully saturated rings. The lowest BCUT2D eigenvalue weighted by atomic mass is 10.1. The van der Waals surface area contributed by atoms with Gasteiger partial charge in [-0.2, -0.15) is 0 Å². The Morgan fingerprint density at radius 1 is 1.32 bits per heavy atom. The fraction of sp³-hybridized carbons (Fsp3) is 0.333. The molecule has 7 heteroatoms. The number of halogens is 2. The largest absolute Gasteiger partial charge is 0.337 e. The SMILES string of the molecule is CCc1cnc(CN(C)C(=O)C(N)c2ccccc2)s1.Cl.Cl. The minimum absolute atomic E-state index is 0. The van der Waals surface area contributed by atoms with Gasteiger partial charge < -0.3 is 10.6 Å². The molecule has 0 saturated heterocycles. The van der Waals surface area contributed by atoms with Crippen LogP contribution in [0.25, 0.3) is 0 Å². The van der Waals surface area contributed by atoms with Gasteiger partial charge in [-0.15, -0.1) is 36.2 Å². The summed E-state index contributed by atoms with van der Waals surface area (Å²) in [5.41, 5.74) is 6.85. The summed E-state index contributed by atoms with van der Waals surface area (Å²) in [4.78, 5) is 19.5. The van der Waals surface area contributed by atoms with Gasteiger partial charge in [-0.25, -0.2) is 4.98 Å². The fourth-order valence-electron chi connectivity index (χ4n) is 1.91. The van der Waals surface area contributed by atoms with Crippen molar-refractivity contribution in [2.75, 3.05) is 7.05 Å². The minimum atomic E-state index is -0.619. The number of benzene rings is 1. The van der Waals surface area contributed by atoms with Crippen LogP contribution in [-0.4, -0.2) is 22.8 Å². The van der Waals surface area contributed by atoms with E-state index in [1.807, 2.05) is 36.5 Å². The van der Waals surface area contributed by atoms with Crippen LogP contribution >= 0.6 is 36.2 Å². The van der Waals surface area contributed by atoms with Crippen LogP contribution in [0, 0.1) is 0 Å². The van der Waals surface area contributed by atoms with Crippen LogP contribution in [0.4, 0.5) is 0 Å². The van der Waals surface area contributed by atoms with Gasteiger partial charge in [0.1, 0.15) is 11.0 Å². The number of aromatic nitrogens is 1. The van der Waals surface area contributed by atoms with E-state index in [0.717, 1.165) is 17.0 Å². The summed E-state index contributed by atoms with van der Waals surface area (Å²) in [7, 11) is 1.76. The third kappa shape index (κ3) is 5.25. The minimum Gasteiger partial charge on any atom is -0.337 e. The first-order chi connectivity index (χ1) is 9.61. The second kappa shape index (κ2) is 9.79. The summed E-state index contributed by atoms with van der Waals surface area (Å²) in [5.74, 6) is -0.0931. The zero-order valence-corrected chi connectivity index (χ0v) is 15.0. The summed E-state index contributed by atoms with van der Waals surface area (Å²) in [6.07, 6.45) is 2.84. The number of hydrogen-bond acceptors (Lipinski definition) is 4. The Hall–Kier alpha value is -1.14. The lowest BCUT2D eigenvalue weighted by molar-refractivity contribution is -0.131. The van der Waals surface area contributed by atoms with Gasteiger partial charge in [-0.1, -0.05) is 37.3 Å². The maximum Gasteiger partial charge on any atom is 0.244 e. The molecule has 122 valence electrons. The molecule has 0 radical (unpaired) electrons. The highest BCUT2D eigenvalue weighted by atomic mass is 35.5. The van der Waals surface area contributed by atoms with Crippen LogP contribution in [0.3, 0.4) is 0 Å². The summed E-state index contributed by atoms with van der Waals surface area (Å²) in [6.45, 7) is 2.60. The van der Waals surface area contributed by atoms with Crippen LogP contribution < -0.4 is 5.73 Å². The monoisotopic (exact) mass is 361 g/mol. The van der Waals surface area contributed by atoms with Gasteiger partial charge >= 0.3 is 0 Å². The fourth-order valence-corrected chi connectivity index (χ4v) is 2.82. The summed E-state index contributed by atoms with van der Waals surface area (Å²) < 4.78 is 0. The lowest BCUT2D eigenvalue weighted by Gasteiger charge is -2.20. The number of carbonyl (C=O) groups is 1. The highest BCUT2D eigenvalue weighted by molar-refractivity contribution is 7.11. The van der Waals surface area contributed by atoms with Crippen molar-refractivity contribution in [3.05, 3.63) is 52.0 Å². The zero-order valence-electron chi connectivity index (χ0n) is 12.6. The predicted molar refractivity (Wildman–Crippen MR) is 95.8 cm³/mol. The first kappa shape index (κ1) is 20.9. The van der Waals surface area contributed by atoms with E-state index in [1.165, 1.54) is 4.88 Å². The maximum absolute atomic E-state index is 12.3. The Bertz CT molecular complexity index is 577. The van der Waals surface area contributed by atoms with Crippen molar-refractivity contribution in [2.45, 2.75) is 25.9 Å². The molecule has 0 spiro atoms. The molecule has 22 heavy (non-hydrogen) atoms. The van der Waals surface area contributed by atoms with Gasteiger partial charge in [0.15, 0.2) is 0 Å². The third-order valence-electron chi connectivity index (χ3n) is 3.12. The van der Waals surface area contributed by atoms with Gasteiger partial charge in [0.25, 0.3) is 0 Å². The number of hydrogen-bond donors (Lipinski definition) is 1. The second-order valence-corrected chi connectivity index (χ2v) is 5.86. The Labute approximate surface area is 147 Å². The number of nitrogens with two attached hydrogens (primary N) is 1. The molecule has 0 aliphatic heterocycles. The molecule has 0 aliphatic rings. The number of carbonyl (C=O) groups excluding carboxylic acids is 1. The van der Waals surface area contributed by atoms with E-state index in [2.05, 4.69) is 11.9 Å². The van der Waals surface area contributed by atoms with Gasteiger partial charge in [-0.05, 0) is 12.0 Å². The smallest absolute Gasteiger partial charge is 0.244 e. The molecule has 1 heterocycles. The van der Waals surface area contributed by atoms with Crippen molar-refractivity contribution < 1.29 is 4.79 Å². The number of amides is 1. The number of thiazole rings is 1. The highest BCUT2D eigenvalue weighted by Crippen LogP contribution is 2.17. The van der Waals surface area contributed by atoms with Crippen LogP contribution in [-0.2, 0) is 17.8 Å². The predicted octanol–water partition coefficient (Wildman–Crippen LogP) is 3.21. The van der Waals surface area contributed by atoms with Crippen molar-refractivity contribution in [3.8, 4) is 0 Å². The molecule has 4 nitrogen and oxygen atoms in total. The normalized spacial score (nSPS) is 11.0. The molecule has 2 aromatic rings. The van der Waals surface area contributed by atoms with E-state index in [9.17, 15) is 4.79 Å². The van der Waals surface area contributed by atoms with Gasteiger partial charge in [0.2, 0.25) is 5.91 Å². The topological polar surface area (TPSA) is 59.2 Å². The lowest BCUT2D eigenvalue weighted by Crippen LogP contribution is -2.35. The molecule has 2 rings (SSSR count). The van der Waals surface area contributed by atoms with Crippen molar-refractivity contribution in [2.24, 2.45) is 5.73 Å². The van der Waals surface area contributed by atoms with Crippen LogP contribution in [0.15, 0.2) is 36.5 Å². The van der Waals surface area contributed by atoms with E-state index in [4.69, 9.17) is 5.73 Å².